The van der Waals surface area contributed by atoms with Crippen LogP contribution < -0.4 is 16.6 Å². The highest BCUT2D eigenvalue weighted by Crippen LogP contribution is 2.30. The molecular formula is C26H27N7O5S2. The van der Waals surface area contributed by atoms with Crippen LogP contribution >= 0.6 is 11.8 Å². The molecule has 0 aliphatic carbocycles. The second-order valence-electron chi connectivity index (χ2n) is 9.22. The van der Waals surface area contributed by atoms with Crippen molar-refractivity contribution in [3.8, 4) is 17.1 Å². The Kier molecular flexibility index (Phi) is 7.74. The fraction of sp³-hybridized carbons (Fsp3) is 0.269. The standard InChI is InChI=1S/C26H27N7O5S2/c1-30-21(16-23(35)31(2)26(30)36)27-22(34)17-39-25-29-28-24(33(25)19-10-4-3-5-11-19)18-9-8-12-20(15-18)40(37,38)32-13-6-7-14-32/h3-5,8-12,15-16H,6-7,13-14,17H2,1-2H3,(H,27,34). The van der Waals surface area contributed by atoms with Crippen LogP contribution in [0.25, 0.3) is 17.1 Å². The van der Waals surface area contributed by atoms with E-state index in [1.54, 1.807) is 28.8 Å². The first-order valence-electron chi connectivity index (χ1n) is 12.5. The second kappa shape index (κ2) is 11.2. The Balaban J connectivity index is 1.44. The van der Waals surface area contributed by atoms with Crippen molar-refractivity contribution in [2.45, 2.75) is 22.9 Å². The molecule has 1 amide bonds. The Hall–Kier alpha value is -4.01. The van der Waals surface area contributed by atoms with Gasteiger partial charge in [-0.1, -0.05) is 42.1 Å². The average molecular weight is 582 g/mol. The quantitative estimate of drug-likeness (QED) is 0.311. The van der Waals surface area contributed by atoms with Gasteiger partial charge < -0.3 is 5.32 Å². The predicted molar refractivity (Wildman–Crippen MR) is 151 cm³/mol. The van der Waals surface area contributed by atoms with Gasteiger partial charge in [-0.25, -0.2) is 13.2 Å². The number of nitrogens with zero attached hydrogens (tertiary/aromatic N) is 6. The van der Waals surface area contributed by atoms with Gasteiger partial charge in [0.15, 0.2) is 11.0 Å². The number of benzene rings is 2. The summed E-state index contributed by atoms with van der Waals surface area (Å²) in [5.41, 5.74) is 0.196. The topological polar surface area (TPSA) is 141 Å². The Morgan fingerprint density at radius 3 is 2.40 bits per heavy atom. The number of hydrogen-bond donors (Lipinski definition) is 1. The van der Waals surface area contributed by atoms with E-state index < -0.39 is 27.2 Å². The van der Waals surface area contributed by atoms with E-state index in [-0.39, 0.29) is 16.5 Å². The van der Waals surface area contributed by atoms with Crippen LogP contribution in [0.15, 0.2) is 80.3 Å². The molecular weight excluding hydrogens is 554 g/mol. The van der Waals surface area contributed by atoms with Crippen molar-refractivity contribution >= 4 is 33.5 Å². The number of sulfonamides is 1. The molecule has 4 aromatic rings. The van der Waals surface area contributed by atoms with Gasteiger partial charge >= 0.3 is 5.69 Å². The lowest BCUT2D eigenvalue weighted by molar-refractivity contribution is -0.113. The minimum Gasteiger partial charge on any atom is -0.311 e. The fourth-order valence-corrected chi connectivity index (χ4v) is 6.71. The molecule has 14 heteroatoms. The molecule has 1 saturated heterocycles. The lowest BCUT2D eigenvalue weighted by Gasteiger charge is -2.16. The van der Waals surface area contributed by atoms with Crippen LogP contribution in [-0.4, -0.2) is 61.4 Å². The number of carbonyl (C=O) groups excluding carboxylic acids is 1. The van der Waals surface area contributed by atoms with E-state index >= 15 is 0 Å². The van der Waals surface area contributed by atoms with E-state index in [9.17, 15) is 22.8 Å². The highest BCUT2D eigenvalue weighted by molar-refractivity contribution is 7.99. The normalized spacial score (nSPS) is 13.9. The number of rotatable bonds is 8. The van der Waals surface area contributed by atoms with Crippen LogP contribution in [-0.2, 0) is 28.9 Å². The summed E-state index contributed by atoms with van der Waals surface area (Å²) in [7, 11) is -0.816. The monoisotopic (exact) mass is 581 g/mol. The van der Waals surface area contributed by atoms with Crippen molar-refractivity contribution in [3.05, 3.63) is 81.5 Å². The number of amides is 1. The van der Waals surface area contributed by atoms with Gasteiger partial charge in [0.1, 0.15) is 5.82 Å². The van der Waals surface area contributed by atoms with E-state index in [4.69, 9.17) is 0 Å². The van der Waals surface area contributed by atoms with Gasteiger partial charge in [-0.05, 0) is 37.1 Å². The van der Waals surface area contributed by atoms with Crippen LogP contribution in [0.1, 0.15) is 12.8 Å². The van der Waals surface area contributed by atoms with Gasteiger partial charge in [0.2, 0.25) is 15.9 Å². The molecule has 0 radical (unpaired) electrons. The third-order valence-corrected chi connectivity index (χ3v) is 9.39. The fourth-order valence-electron chi connectivity index (χ4n) is 4.40. The molecule has 1 aliphatic heterocycles. The number of carbonyl (C=O) groups is 1. The van der Waals surface area contributed by atoms with Crippen LogP contribution in [0, 0.1) is 0 Å². The van der Waals surface area contributed by atoms with Crippen LogP contribution in [0.4, 0.5) is 5.82 Å². The Labute approximate surface area is 234 Å². The second-order valence-corrected chi connectivity index (χ2v) is 12.1. The molecule has 0 spiro atoms. The maximum atomic E-state index is 13.2. The van der Waals surface area contributed by atoms with Gasteiger partial charge in [0.25, 0.3) is 5.56 Å². The Morgan fingerprint density at radius 2 is 1.68 bits per heavy atom. The SMILES string of the molecule is Cn1c(NC(=O)CSc2nnc(-c3cccc(S(=O)(=O)N4CCCC4)c3)n2-c2ccccc2)cc(=O)n(C)c1=O. The number of nitrogens with one attached hydrogen (secondary N) is 1. The maximum Gasteiger partial charge on any atom is 0.332 e. The number of hydrogen-bond acceptors (Lipinski definition) is 8. The molecule has 3 heterocycles. The molecule has 2 aromatic carbocycles. The summed E-state index contributed by atoms with van der Waals surface area (Å²) in [6, 6.07) is 17.1. The highest BCUT2D eigenvalue weighted by Gasteiger charge is 2.28. The molecule has 1 fully saturated rings. The molecule has 0 saturated carbocycles. The zero-order valence-corrected chi connectivity index (χ0v) is 23.5. The van der Waals surface area contributed by atoms with Crippen molar-refractivity contribution in [2.75, 3.05) is 24.2 Å². The predicted octanol–water partition coefficient (Wildman–Crippen LogP) is 1.85. The summed E-state index contributed by atoms with van der Waals surface area (Å²) in [4.78, 5) is 37.1. The number of thioether (sulfide) groups is 1. The van der Waals surface area contributed by atoms with Gasteiger partial charge in [-0.2, -0.15) is 4.31 Å². The lowest BCUT2D eigenvalue weighted by atomic mass is 10.2. The summed E-state index contributed by atoms with van der Waals surface area (Å²) in [5, 5.41) is 11.7. The minimum absolute atomic E-state index is 0.0833. The molecule has 1 aliphatic rings. The van der Waals surface area contributed by atoms with E-state index in [0.29, 0.717) is 29.6 Å². The maximum absolute atomic E-state index is 13.2. The van der Waals surface area contributed by atoms with E-state index in [2.05, 4.69) is 15.5 Å². The van der Waals surface area contributed by atoms with E-state index in [1.807, 2.05) is 30.3 Å². The van der Waals surface area contributed by atoms with Gasteiger partial charge in [0.05, 0.1) is 10.6 Å². The Morgan fingerprint density at radius 1 is 0.950 bits per heavy atom. The molecule has 1 N–H and O–H groups in total. The average Bonchev–Trinajstić information content (AvgIpc) is 3.65. The molecule has 40 heavy (non-hydrogen) atoms. The van der Waals surface area contributed by atoms with Crippen LogP contribution in [0.2, 0.25) is 0 Å². The summed E-state index contributed by atoms with van der Waals surface area (Å²) in [6.45, 7) is 1.00. The Bertz CT molecular complexity index is 1790. The van der Waals surface area contributed by atoms with Crippen molar-refractivity contribution in [1.82, 2.24) is 28.2 Å². The molecule has 2 aromatic heterocycles. The van der Waals surface area contributed by atoms with Gasteiger partial charge in [-0.15, -0.1) is 10.2 Å². The third-order valence-electron chi connectivity index (χ3n) is 6.57. The molecule has 5 rings (SSSR count). The van der Waals surface area contributed by atoms with Gasteiger partial charge in [0, 0.05) is 44.5 Å². The van der Waals surface area contributed by atoms with Crippen LogP contribution in [0.3, 0.4) is 0 Å². The molecule has 12 nitrogen and oxygen atoms in total. The summed E-state index contributed by atoms with van der Waals surface area (Å²) < 4.78 is 31.7. The van der Waals surface area contributed by atoms with E-state index in [1.165, 1.54) is 29.0 Å². The van der Waals surface area contributed by atoms with Crippen molar-refractivity contribution in [3.63, 3.8) is 0 Å². The molecule has 208 valence electrons. The zero-order chi connectivity index (χ0) is 28.4. The van der Waals surface area contributed by atoms with Gasteiger partial charge in [-0.3, -0.25) is 23.3 Å². The third kappa shape index (κ3) is 5.37. The lowest BCUT2D eigenvalue weighted by Crippen LogP contribution is -2.38. The first kappa shape index (κ1) is 27.6. The number of aromatic nitrogens is 5. The zero-order valence-electron chi connectivity index (χ0n) is 21.9. The molecule has 0 atom stereocenters. The molecule has 0 unspecified atom stereocenters. The summed E-state index contributed by atoms with van der Waals surface area (Å²) in [5.74, 6) is -0.0322. The minimum atomic E-state index is -3.63. The number of anilines is 1. The first-order valence-corrected chi connectivity index (χ1v) is 14.9. The smallest absolute Gasteiger partial charge is 0.311 e. The largest absolute Gasteiger partial charge is 0.332 e. The summed E-state index contributed by atoms with van der Waals surface area (Å²) >= 11 is 1.11. The number of para-hydroxylation sites is 1. The highest BCUT2D eigenvalue weighted by atomic mass is 32.2. The summed E-state index contributed by atoms with van der Waals surface area (Å²) in [6.07, 6.45) is 1.68. The van der Waals surface area contributed by atoms with Crippen molar-refractivity contribution in [2.24, 2.45) is 14.1 Å². The van der Waals surface area contributed by atoms with E-state index in [0.717, 1.165) is 34.9 Å². The first-order chi connectivity index (χ1) is 19.2. The van der Waals surface area contributed by atoms with Crippen LogP contribution in [0.5, 0.6) is 0 Å². The van der Waals surface area contributed by atoms with Crippen molar-refractivity contribution < 1.29 is 13.2 Å². The van der Waals surface area contributed by atoms with Crippen molar-refractivity contribution in [1.29, 1.82) is 0 Å². The molecule has 0 bridgehead atoms.